The fourth-order valence-electron chi connectivity index (χ4n) is 2.41. The van der Waals surface area contributed by atoms with E-state index < -0.39 is 5.60 Å². The van der Waals surface area contributed by atoms with Crippen LogP contribution in [0.5, 0.6) is 5.88 Å². The van der Waals surface area contributed by atoms with E-state index in [1.54, 1.807) is 4.90 Å². The third-order valence-corrected chi connectivity index (χ3v) is 3.30. The zero-order valence-electron chi connectivity index (χ0n) is 13.3. The maximum Gasteiger partial charge on any atom is 0.410 e. The van der Waals surface area contributed by atoms with Gasteiger partial charge in [-0.05, 0) is 40.5 Å². The average Bonchev–Trinajstić information content (AvgIpc) is 2.86. The van der Waals surface area contributed by atoms with Crippen molar-refractivity contribution in [1.29, 1.82) is 0 Å². The lowest BCUT2D eigenvalue weighted by Gasteiger charge is -2.34. The lowest BCUT2D eigenvalue weighted by molar-refractivity contribution is 0.0167. The fraction of sp³-hybridized carbons (Fsp3) is 0.733. The Labute approximate surface area is 126 Å². The van der Waals surface area contributed by atoms with Gasteiger partial charge in [-0.1, -0.05) is 0 Å². The van der Waals surface area contributed by atoms with Gasteiger partial charge in [0.25, 0.3) is 0 Å². The molecule has 1 amide bonds. The van der Waals surface area contributed by atoms with Crippen LogP contribution in [0.3, 0.4) is 0 Å². The smallest absolute Gasteiger partial charge is 0.410 e. The third kappa shape index (κ3) is 4.37. The molecule has 118 valence electrons. The lowest BCUT2D eigenvalue weighted by atomic mass is 10.1. The summed E-state index contributed by atoms with van der Waals surface area (Å²) in [6.45, 7) is 9.55. The second-order valence-corrected chi connectivity index (χ2v) is 6.29. The van der Waals surface area contributed by atoms with Crippen molar-refractivity contribution in [2.24, 2.45) is 0 Å². The number of likely N-dealkylation sites (tertiary alicyclic amines) is 1. The number of aromatic nitrogens is 2. The number of rotatable bonds is 3. The molecule has 1 aromatic heterocycles. The first-order valence-electron chi connectivity index (χ1n) is 7.55. The van der Waals surface area contributed by atoms with E-state index in [-0.39, 0.29) is 12.1 Å². The molecule has 6 heteroatoms. The van der Waals surface area contributed by atoms with Crippen molar-refractivity contribution in [3.05, 3.63) is 12.3 Å². The van der Waals surface area contributed by atoms with Crippen LogP contribution < -0.4 is 4.74 Å². The molecule has 0 radical (unpaired) electrons. The van der Waals surface area contributed by atoms with Crippen LogP contribution in [0.15, 0.2) is 12.3 Å². The highest BCUT2D eigenvalue weighted by molar-refractivity contribution is 5.68. The summed E-state index contributed by atoms with van der Waals surface area (Å²) in [4.78, 5) is 13.9. The molecular formula is C15H25N3O3. The van der Waals surface area contributed by atoms with Gasteiger partial charge < -0.3 is 14.4 Å². The van der Waals surface area contributed by atoms with Gasteiger partial charge in [-0.15, -0.1) is 5.10 Å². The van der Waals surface area contributed by atoms with Gasteiger partial charge in [0.05, 0.1) is 12.6 Å². The van der Waals surface area contributed by atoms with Gasteiger partial charge in [-0.3, -0.25) is 4.68 Å². The topological polar surface area (TPSA) is 56.6 Å². The molecule has 0 unspecified atom stereocenters. The highest BCUT2D eigenvalue weighted by Gasteiger charge is 2.28. The van der Waals surface area contributed by atoms with E-state index in [9.17, 15) is 4.79 Å². The monoisotopic (exact) mass is 295 g/mol. The zero-order chi connectivity index (χ0) is 15.5. The Kier molecular flexibility index (Phi) is 4.75. The molecule has 1 saturated heterocycles. The van der Waals surface area contributed by atoms with Gasteiger partial charge in [0.1, 0.15) is 5.60 Å². The van der Waals surface area contributed by atoms with E-state index >= 15 is 0 Å². The Morgan fingerprint density at radius 1 is 1.48 bits per heavy atom. The molecule has 1 atom stereocenters. The summed E-state index contributed by atoms with van der Waals surface area (Å²) in [6, 6.07) is 2.04. The van der Waals surface area contributed by atoms with E-state index in [2.05, 4.69) is 5.10 Å². The Balaban J connectivity index is 1.98. The van der Waals surface area contributed by atoms with Crippen LogP contribution in [0.2, 0.25) is 0 Å². The van der Waals surface area contributed by atoms with Gasteiger partial charge in [0, 0.05) is 25.4 Å². The number of ether oxygens (including phenoxy) is 2. The molecule has 1 fully saturated rings. The standard InChI is InChI=1S/C15H25N3O3/c1-5-20-13-8-10-18(16-13)12-7-6-9-17(11-12)14(19)21-15(2,3)4/h8,10,12H,5-7,9,11H2,1-4H3/t12-/m0/s1. The molecule has 0 spiro atoms. The molecule has 0 aromatic carbocycles. The van der Waals surface area contributed by atoms with Crippen molar-refractivity contribution in [3.8, 4) is 5.88 Å². The van der Waals surface area contributed by atoms with Crippen molar-refractivity contribution >= 4 is 6.09 Å². The number of nitrogens with zero attached hydrogens (tertiary/aromatic N) is 3. The normalized spacial score (nSPS) is 19.4. The van der Waals surface area contributed by atoms with E-state index in [4.69, 9.17) is 9.47 Å². The summed E-state index contributed by atoms with van der Waals surface area (Å²) in [5, 5.41) is 4.41. The number of piperidine rings is 1. The predicted octanol–water partition coefficient (Wildman–Crippen LogP) is 2.85. The van der Waals surface area contributed by atoms with Gasteiger partial charge in [-0.2, -0.15) is 0 Å². The molecule has 2 heterocycles. The number of amides is 1. The quantitative estimate of drug-likeness (QED) is 0.860. The maximum absolute atomic E-state index is 12.1. The van der Waals surface area contributed by atoms with E-state index in [0.29, 0.717) is 19.0 Å². The van der Waals surface area contributed by atoms with Gasteiger partial charge >= 0.3 is 6.09 Å². The van der Waals surface area contributed by atoms with Gasteiger partial charge in [0.2, 0.25) is 5.88 Å². The average molecular weight is 295 g/mol. The number of carbonyl (C=O) groups excluding carboxylic acids is 1. The SMILES string of the molecule is CCOc1ccn([C@H]2CCCN(C(=O)OC(C)(C)C)C2)n1. The van der Waals surface area contributed by atoms with Crippen LogP contribution in [-0.2, 0) is 4.74 Å². The molecule has 6 nitrogen and oxygen atoms in total. The van der Waals surface area contributed by atoms with Crippen molar-refractivity contribution in [2.75, 3.05) is 19.7 Å². The third-order valence-electron chi connectivity index (χ3n) is 3.30. The minimum Gasteiger partial charge on any atom is -0.477 e. The molecule has 0 aliphatic carbocycles. The number of hydrogen-bond acceptors (Lipinski definition) is 4. The molecule has 0 N–H and O–H groups in total. The number of carbonyl (C=O) groups is 1. The van der Waals surface area contributed by atoms with Gasteiger partial charge in [-0.25, -0.2) is 4.79 Å². The first kappa shape index (κ1) is 15.7. The van der Waals surface area contributed by atoms with E-state index in [1.165, 1.54) is 0 Å². The highest BCUT2D eigenvalue weighted by atomic mass is 16.6. The van der Waals surface area contributed by atoms with Crippen LogP contribution >= 0.6 is 0 Å². The number of hydrogen-bond donors (Lipinski definition) is 0. The molecule has 1 aromatic rings. The zero-order valence-corrected chi connectivity index (χ0v) is 13.3. The molecule has 1 aliphatic rings. The van der Waals surface area contributed by atoms with Crippen molar-refractivity contribution in [3.63, 3.8) is 0 Å². The first-order valence-corrected chi connectivity index (χ1v) is 7.55. The summed E-state index contributed by atoms with van der Waals surface area (Å²) in [6.07, 6.45) is 3.62. The van der Waals surface area contributed by atoms with Crippen molar-refractivity contribution < 1.29 is 14.3 Å². The van der Waals surface area contributed by atoms with Gasteiger partial charge in [0.15, 0.2) is 0 Å². The largest absolute Gasteiger partial charge is 0.477 e. The summed E-state index contributed by atoms with van der Waals surface area (Å²) in [7, 11) is 0. The molecule has 1 aliphatic heterocycles. The van der Waals surface area contributed by atoms with Crippen LogP contribution in [0, 0.1) is 0 Å². The first-order chi connectivity index (χ1) is 9.89. The molecule has 0 saturated carbocycles. The van der Waals surface area contributed by atoms with E-state index in [1.807, 2.05) is 44.6 Å². The Morgan fingerprint density at radius 3 is 2.90 bits per heavy atom. The minimum atomic E-state index is -0.460. The highest BCUT2D eigenvalue weighted by Crippen LogP contribution is 2.23. The Morgan fingerprint density at radius 2 is 2.24 bits per heavy atom. The summed E-state index contributed by atoms with van der Waals surface area (Å²) in [5.74, 6) is 0.631. The molecular weight excluding hydrogens is 270 g/mol. The van der Waals surface area contributed by atoms with Crippen LogP contribution in [-0.4, -0.2) is 46.1 Å². The predicted molar refractivity (Wildman–Crippen MR) is 79.5 cm³/mol. The maximum atomic E-state index is 12.1. The fourth-order valence-corrected chi connectivity index (χ4v) is 2.41. The van der Waals surface area contributed by atoms with Crippen LogP contribution in [0.4, 0.5) is 4.79 Å². The second kappa shape index (κ2) is 6.37. The molecule has 0 bridgehead atoms. The second-order valence-electron chi connectivity index (χ2n) is 6.29. The van der Waals surface area contributed by atoms with E-state index in [0.717, 1.165) is 19.4 Å². The minimum absolute atomic E-state index is 0.181. The van der Waals surface area contributed by atoms with Crippen LogP contribution in [0.25, 0.3) is 0 Å². The molecule has 2 rings (SSSR count). The van der Waals surface area contributed by atoms with Crippen LogP contribution in [0.1, 0.15) is 46.6 Å². The lowest BCUT2D eigenvalue weighted by Crippen LogP contribution is -2.43. The summed E-state index contributed by atoms with van der Waals surface area (Å²) >= 11 is 0. The Hall–Kier alpha value is -1.72. The molecule has 21 heavy (non-hydrogen) atoms. The Bertz CT molecular complexity index is 479. The van der Waals surface area contributed by atoms with Crippen molar-refractivity contribution in [1.82, 2.24) is 14.7 Å². The summed E-state index contributed by atoms with van der Waals surface area (Å²) < 4.78 is 12.7. The summed E-state index contributed by atoms with van der Waals surface area (Å²) in [5.41, 5.74) is -0.460. The van der Waals surface area contributed by atoms with Crippen molar-refractivity contribution in [2.45, 2.75) is 52.2 Å².